The molecule has 4 nitrogen and oxygen atoms in total. The molecule has 0 amide bonds. The first kappa shape index (κ1) is 13.6. The Balaban J connectivity index is 1.76. The highest BCUT2D eigenvalue weighted by Gasteiger charge is 2.59. The molecule has 2 bridgehead atoms. The summed E-state index contributed by atoms with van der Waals surface area (Å²) < 4.78 is 2.85. The summed E-state index contributed by atoms with van der Waals surface area (Å²) in [5, 5.41) is 3.75. The van der Waals surface area contributed by atoms with Crippen molar-refractivity contribution in [1.82, 2.24) is 14.4 Å². The number of nitrogens with zero attached hydrogens (tertiary/aromatic N) is 3. The first-order valence-corrected chi connectivity index (χ1v) is 8.45. The topological polar surface area (TPSA) is 42.2 Å². The van der Waals surface area contributed by atoms with E-state index in [2.05, 4.69) is 52.0 Å². The average Bonchev–Trinajstić information content (AvgIpc) is 3.05. The van der Waals surface area contributed by atoms with Gasteiger partial charge in [0.1, 0.15) is 4.60 Å². The van der Waals surface area contributed by atoms with Crippen molar-refractivity contribution in [3.63, 3.8) is 0 Å². The quantitative estimate of drug-likeness (QED) is 0.887. The maximum absolute atomic E-state index is 4.64. The van der Waals surface area contributed by atoms with Gasteiger partial charge in [-0.15, -0.1) is 0 Å². The minimum absolute atomic E-state index is 0.306. The van der Waals surface area contributed by atoms with Crippen LogP contribution in [0, 0.1) is 16.7 Å². The summed E-state index contributed by atoms with van der Waals surface area (Å²) in [4.78, 5) is 9.09. The summed E-state index contributed by atoms with van der Waals surface area (Å²) >= 11 is 3.50. The second-order valence-corrected chi connectivity index (χ2v) is 8.38. The first-order valence-electron chi connectivity index (χ1n) is 7.66. The van der Waals surface area contributed by atoms with E-state index >= 15 is 0 Å². The molecule has 2 saturated carbocycles. The van der Waals surface area contributed by atoms with Gasteiger partial charge < -0.3 is 9.72 Å². The molecule has 5 heteroatoms. The Morgan fingerprint density at radius 3 is 2.90 bits per heavy atom. The molecular weight excluding hydrogens is 328 g/mol. The molecule has 21 heavy (non-hydrogen) atoms. The zero-order valence-electron chi connectivity index (χ0n) is 12.7. The molecule has 0 radical (unpaired) electrons. The third-order valence-corrected chi connectivity index (χ3v) is 6.28. The number of anilines is 1. The largest absolute Gasteiger partial charge is 0.363 e. The number of hydrogen-bond donors (Lipinski definition) is 1. The third kappa shape index (κ3) is 1.86. The van der Waals surface area contributed by atoms with Crippen LogP contribution in [0.5, 0.6) is 0 Å². The second-order valence-electron chi connectivity index (χ2n) is 7.56. The summed E-state index contributed by atoms with van der Waals surface area (Å²) in [6, 6.07) is 0.450. The van der Waals surface area contributed by atoms with Crippen molar-refractivity contribution < 1.29 is 0 Å². The number of imidazole rings is 1. The lowest BCUT2D eigenvalue weighted by Gasteiger charge is -2.43. The van der Waals surface area contributed by atoms with Crippen molar-refractivity contribution in [2.75, 3.05) is 5.32 Å². The Hall–Kier alpha value is -1.10. The van der Waals surface area contributed by atoms with E-state index < -0.39 is 0 Å². The zero-order chi connectivity index (χ0) is 14.8. The number of hydrogen-bond acceptors (Lipinski definition) is 3. The Morgan fingerprint density at radius 1 is 1.38 bits per heavy atom. The summed E-state index contributed by atoms with van der Waals surface area (Å²) in [5.41, 5.74) is 1.59. The van der Waals surface area contributed by atoms with Gasteiger partial charge in [-0.1, -0.05) is 20.8 Å². The zero-order valence-corrected chi connectivity index (χ0v) is 14.3. The van der Waals surface area contributed by atoms with E-state index in [-0.39, 0.29) is 0 Å². The Kier molecular flexibility index (Phi) is 2.72. The van der Waals surface area contributed by atoms with Crippen LogP contribution in [0.25, 0.3) is 5.65 Å². The van der Waals surface area contributed by atoms with E-state index in [1.807, 2.05) is 23.0 Å². The predicted octanol–water partition coefficient (Wildman–Crippen LogP) is 4.12. The van der Waals surface area contributed by atoms with Crippen LogP contribution in [0.15, 0.2) is 23.2 Å². The average molecular weight is 349 g/mol. The number of halogens is 1. The second kappa shape index (κ2) is 4.22. The minimum atomic E-state index is 0.306. The van der Waals surface area contributed by atoms with E-state index in [1.54, 1.807) is 0 Å². The summed E-state index contributed by atoms with van der Waals surface area (Å²) in [6.07, 6.45) is 9.74. The van der Waals surface area contributed by atoms with Crippen molar-refractivity contribution >= 4 is 27.4 Å². The van der Waals surface area contributed by atoms with Crippen LogP contribution in [0.3, 0.4) is 0 Å². The monoisotopic (exact) mass is 348 g/mol. The number of rotatable bonds is 2. The molecule has 0 saturated heterocycles. The van der Waals surface area contributed by atoms with Crippen LogP contribution in [0.4, 0.5) is 5.82 Å². The van der Waals surface area contributed by atoms with Crippen LogP contribution in [0.2, 0.25) is 0 Å². The minimum Gasteiger partial charge on any atom is -0.363 e. The molecule has 1 N–H and O–H groups in total. The van der Waals surface area contributed by atoms with Crippen LogP contribution in [-0.2, 0) is 0 Å². The highest BCUT2D eigenvalue weighted by Crippen LogP contribution is 2.63. The smallest absolute Gasteiger partial charge is 0.180 e. The lowest BCUT2D eigenvalue weighted by molar-refractivity contribution is 0.155. The van der Waals surface area contributed by atoms with Gasteiger partial charge in [0.2, 0.25) is 0 Å². The highest BCUT2D eigenvalue weighted by molar-refractivity contribution is 9.10. The van der Waals surface area contributed by atoms with Crippen molar-refractivity contribution in [3.05, 3.63) is 23.2 Å². The van der Waals surface area contributed by atoms with Crippen molar-refractivity contribution in [2.45, 2.75) is 46.1 Å². The molecule has 2 aliphatic rings. The fourth-order valence-electron chi connectivity index (χ4n) is 4.80. The standard InChI is InChI=1S/C16H21BrN4/c1-15(2)10-4-5-16(3,8-10)14(15)20-12-13-18-6-7-21(13)9-11(17)19-12/h6-7,9-10,14H,4-5,8H2,1-3H3,(H,19,20). The molecule has 0 aliphatic heterocycles. The molecule has 2 heterocycles. The van der Waals surface area contributed by atoms with Gasteiger partial charge in [-0.3, -0.25) is 0 Å². The van der Waals surface area contributed by atoms with Gasteiger partial charge >= 0.3 is 0 Å². The third-order valence-electron chi connectivity index (χ3n) is 5.90. The summed E-state index contributed by atoms with van der Waals surface area (Å²) in [6.45, 7) is 7.24. The van der Waals surface area contributed by atoms with Gasteiger partial charge in [-0.25, -0.2) is 9.97 Å². The molecule has 2 aromatic rings. The van der Waals surface area contributed by atoms with Crippen molar-refractivity contribution in [1.29, 1.82) is 0 Å². The van der Waals surface area contributed by atoms with E-state index in [0.717, 1.165) is 22.0 Å². The normalized spacial score (nSPS) is 33.7. The molecule has 2 aromatic heterocycles. The van der Waals surface area contributed by atoms with Crippen LogP contribution < -0.4 is 5.32 Å². The molecule has 112 valence electrons. The summed E-state index contributed by atoms with van der Waals surface area (Å²) in [5.74, 6) is 1.71. The van der Waals surface area contributed by atoms with E-state index in [9.17, 15) is 0 Å². The maximum Gasteiger partial charge on any atom is 0.180 e. The first-order chi connectivity index (χ1) is 9.90. The SMILES string of the molecule is CC12CCC(C1)C(C)(C)C2Nc1nc(Br)cn2ccnc12. The maximum atomic E-state index is 4.64. The molecule has 3 unspecified atom stereocenters. The molecule has 2 fully saturated rings. The molecule has 2 aliphatic carbocycles. The Labute approximate surface area is 133 Å². The van der Waals surface area contributed by atoms with Crippen molar-refractivity contribution in [3.8, 4) is 0 Å². The summed E-state index contributed by atoms with van der Waals surface area (Å²) in [7, 11) is 0. The van der Waals surface area contributed by atoms with E-state index in [4.69, 9.17) is 0 Å². The molecule has 4 rings (SSSR count). The van der Waals surface area contributed by atoms with Crippen LogP contribution >= 0.6 is 15.9 Å². The molecular formula is C16H21BrN4. The Bertz CT molecular complexity index is 703. The number of fused-ring (bicyclic) bond motifs is 3. The Morgan fingerprint density at radius 2 is 2.19 bits per heavy atom. The van der Waals surface area contributed by atoms with Crippen LogP contribution in [0.1, 0.15) is 40.0 Å². The number of aromatic nitrogens is 3. The molecule has 0 aromatic carbocycles. The molecule has 0 spiro atoms. The fraction of sp³-hybridized carbons (Fsp3) is 0.625. The van der Waals surface area contributed by atoms with Gasteiger partial charge in [0.05, 0.1) is 0 Å². The van der Waals surface area contributed by atoms with Gasteiger partial charge in [0.25, 0.3) is 0 Å². The van der Waals surface area contributed by atoms with E-state index in [0.29, 0.717) is 16.9 Å². The van der Waals surface area contributed by atoms with Gasteiger partial charge in [-0.2, -0.15) is 0 Å². The van der Waals surface area contributed by atoms with Gasteiger partial charge in [0.15, 0.2) is 11.5 Å². The van der Waals surface area contributed by atoms with Gasteiger partial charge in [0, 0.05) is 24.6 Å². The van der Waals surface area contributed by atoms with Gasteiger partial charge in [-0.05, 0) is 51.9 Å². The molecule has 3 atom stereocenters. The number of nitrogens with one attached hydrogen (secondary N) is 1. The van der Waals surface area contributed by atoms with Crippen LogP contribution in [-0.4, -0.2) is 20.4 Å². The predicted molar refractivity (Wildman–Crippen MR) is 87.3 cm³/mol. The fourth-order valence-corrected chi connectivity index (χ4v) is 5.19. The van der Waals surface area contributed by atoms with E-state index in [1.165, 1.54) is 19.3 Å². The lowest BCUT2D eigenvalue weighted by atomic mass is 9.68. The lowest BCUT2D eigenvalue weighted by Crippen LogP contribution is -2.46. The van der Waals surface area contributed by atoms with Crippen molar-refractivity contribution in [2.24, 2.45) is 16.7 Å². The highest BCUT2D eigenvalue weighted by atomic mass is 79.9.